The lowest BCUT2D eigenvalue weighted by molar-refractivity contribution is 0.174. The van der Waals surface area contributed by atoms with Gasteiger partial charge in [-0.05, 0) is 41.3 Å². The van der Waals surface area contributed by atoms with Crippen LogP contribution in [-0.2, 0) is 6.42 Å². The first-order valence-electron chi connectivity index (χ1n) is 8.50. The molecule has 0 bridgehead atoms. The second-order valence-electron chi connectivity index (χ2n) is 6.89. The number of rotatable bonds is 3. The maximum atomic E-state index is 6.30. The maximum absolute atomic E-state index is 6.30. The van der Waals surface area contributed by atoms with Crippen LogP contribution in [-0.4, -0.2) is 26.5 Å². The molecule has 2 aliphatic rings. The lowest BCUT2D eigenvalue weighted by Crippen LogP contribution is -2.39. The van der Waals surface area contributed by atoms with Gasteiger partial charge in [-0.1, -0.05) is 26.0 Å². The fourth-order valence-electron chi connectivity index (χ4n) is 3.36. The molecule has 2 heterocycles. The second kappa shape index (κ2) is 5.93. The molecule has 2 aromatic rings. The summed E-state index contributed by atoms with van der Waals surface area (Å²) in [4.78, 5) is 2.28. The molecular weight excluding hydrogens is 302 g/mol. The van der Waals surface area contributed by atoms with Crippen molar-refractivity contribution in [3.8, 4) is 17.2 Å². The van der Waals surface area contributed by atoms with Crippen molar-refractivity contribution in [1.29, 1.82) is 0 Å². The lowest BCUT2D eigenvalue weighted by atomic mass is 10.0. The molecule has 2 aromatic carbocycles. The molecule has 126 valence electrons. The molecule has 0 aliphatic carbocycles. The van der Waals surface area contributed by atoms with Crippen LogP contribution in [0.15, 0.2) is 36.4 Å². The zero-order valence-corrected chi connectivity index (χ0v) is 14.4. The highest BCUT2D eigenvalue weighted by atomic mass is 16.7. The van der Waals surface area contributed by atoms with E-state index in [9.17, 15) is 0 Å². The van der Waals surface area contributed by atoms with E-state index in [0.29, 0.717) is 12.7 Å². The molecule has 0 spiro atoms. The van der Waals surface area contributed by atoms with Crippen molar-refractivity contribution in [1.82, 2.24) is 0 Å². The molecule has 0 radical (unpaired) electrons. The number of likely N-dealkylation sites (N-methyl/N-ethyl adjacent to an activating group) is 1. The van der Waals surface area contributed by atoms with Crippen LogP contribution in [0.1, 0.15) is 30.9 Å². The first-order chi connectivity index (χ1) is 11.6. The molecule has 1 unspecified atom stereocenters. The third kappa shape index (κ3) is 2.77. The standard InChI is InChI=1S/C20H23NO3/c1-13(2)15-5-6-17-19(10-15)24-16(11-21(17)3)8-14-4-7-18-20(9-14)23-12-22-18/h4-7,9-10,13,16H,8,11-12H2,1-3H3. The summed E-state index contributed by atoms with van der Waals surface area (Å²) >= 11 is 0. The minimum absolute atomic E-state index is 0.130. The highest BCUT2D eigenvalue weighted by Gasteiger charge is 2.25. The molecule has 0 saturated carbocycles. The average Bonchev–Trinajstić information content (AvgIpc) is 3.02. The Morgan fingerprint density at radius 1 is 1.04 bits per heavy atom. The largest absolute Gasteiger partial charge is 0.486 e. The molecule has 1 atom stereocenters. The normalized spacial score (nSPS) is 18.5. The molecule has 0 amide bonds. The van der Waals surface area contributed by atoms with Crippen molar-refractivity contribution in [2.75, 3.05) is 25.3 Å². The van der Waals surface area contributed by atoms with Crippen molar-refractivity contribution in [3.63, 3.8) is 0 Å². The van der Waals surface area contributed by atoms with Crippen LogP contribution < -0.4 is 19.1 Å². The summed E-state index contributed by atoms with van der Waals surface area (Å²) < 4.78 is 17.2. The van der Waals surface area contributed by atoms with Crippen LogP contribution in [0.25, 0.3) is 0 Å². The van der Waals surface area contributed by atoms with Gasteiger partial charge < -0.3 is 19.1 Å². The van der Waals surface area contributed by atoms with Crippen molar-refractivity contribution >= 4 is 5.69 Å². The summed E-state index contributed by atoms with van der Waals surface area (Å²) in [5, 5.41) is 0. The van der Waals surface area contributed by atoms with Crippen LogP contribution in [0, 0.1) is 0 Å². The summed E-state index contributed by atoms with van der Waals surface area (Å²) in [6, 6.07) is 12.7. The van der Waals surface area contributed by atoms with Crippen LogP contribution in [0.3, 0.4) is 0 Å². The molecule has 0 N–H and O–H groups in total. The number of anilines is 1. The number of ether oxygens (including phenoxy) is 3. The summed E-state index contributed by atoms with van der Waals surface area (Å²) in [6.07, 6.45) is 0.983. The molecule has 0 aromatic heterocycles. The summed E-state index contributed by atoms with van der Waals surface area (Å²) in [5.41, 5.74) is 3.69. The topological polar surface area (TPSA) is 30.9 Å². The van der Waals surface area contributed by atoms with Crippen molar-refractivity contribution < 1.29 is 14.2 Å². The van der Waals surface area contributed by atoms with E-state index in [1.165, 1.54) is 16.8 Å². The van der Waals surface area contributed by atoms with Gasteiger partial charge in [0, 0.05) is 13.5 Å². The molecule has 0 fully saturated rings. The maximum Gasteiger partial charge on any atom is 0.231 e. The monoisotopic (exact) mass is 325 g/mol. The Labute approximate surface area is 142 Å². The van der Waals surface area contributed by atoms with Crippen LogP contribution >= 0.6 is 0 Å². The van der Waals surface area contributed by atoms with E-state index in [1.807, 2.05) is 6.07 Å². The Balaban J connectivity index is 1.54. The third-order valence-corrected chi connectivity index (χ3v) is 4.73. The minimum Gasteiger partial charge on any atom is -0.486 e. The Morgan fingerprint density at radius 3 is 2.71 bits per heavy atom. The minimum atomic E-state index is 0.130. The first kappa shape index (κ1) is 15.2. The molecule has 0 saturated heterocycles. The van der Waals surface area contributed by atoms with Crippen LogP contribution in [0.2, 0.25) is 0 Å². The van der Waals surface area contributed by atoms with E-state index in [4.69, 9.17) is 14.2 Å². The molecule has 4 rings (SSSR count). The van der Waals surface area contributed by atoms with E-state index < -0.39 is 0 Å². The van der Waals surface area contributed by atoms with Crippen LogP contribution in [0.4, 0.5) is 5.69 Å². The zero-order valence-electron chi connectivity index (χ0n) is 14.4. The zero-order chi connectivity index (χ0) is 16.7. The molecular formula is C20H23NO3. The number of benzene rings is 2. The van der Waals surface area contributed by atoms with Crippen molar-refractivity contribution in [3.05, 3.63) is 47.5 Å². The number of hydrogen-bond acceptors (Lipinski definition) is 4. The predicted molar refractivity (Wildman–Crippen MR) is 94.5 cm³/mol. The molecule has 4 nitrogen and oxygen atoms in total. The van der Waals surface area contributed by atoms with Gasteiger partial charge in [-0.3, -0.25) is 0 Å². The number of hydrogen-bond donors (Lipinski definition) is 0. The fourth-order valence-corrected chi connectivity index (χ4v) is 3.36. The van der Waals surface area contributed by atoms with Gasteiger partial charge in [0.2, 0.25) is 6.79 Å². The average molecular weight is 325 g/mol. The summed E-state index contributed by atoms with van der Waals surface area (Å²) in [5.74, 6) is 3.14. The van der Waals surface area contributed by atoms with E-state index in [1.54, 1.807) is 0 Å². The van der Waals surface area contributed by atoms with Crippen molar-refractivity contribution in [2.45, 2.75) is 32.3 Å². The van der Waals surface area contributed by atoms with E-state index >= 15 is 0 Å². The molecule has 24 heavy (non-hydrogen) atoms. The lowest BCUT2D eigenvalue weighted by Gasteiger charge is -2.34. The van der Waals surface area contributed by atoms with E-state index in [2.05, 4.69) is 56.1 Å². The third-order valence-electron chi connectivity index (χ3n) is 4.73. The van der Waals surface area contributed by atoms with Crippen LogP contribution in [0.5, 0.6) is 17.2 Å². The second-order valence-corrected chi connectivity index (χ2v) is 6.89. The van der Waals surface area contributed by atoms with E-state index in [0.717, 1.165) is 30.2 Å². The Hall–Kier alpha value is -2.36. The molecule has 4 heteroatoms. The number of nitrogens with zero attached hydrogens (tertiary/aromatic N) is 1. The first-order valence-corrected chi connectivity index (χ1v) is 8.50. The number of fused-ring (bicyclic) bond motifs is 2. The smallest absolute Gasteiger partial charge is 0.231 e. The van der Waals surface area contributed by atoms with Gasteiger partial charge in [0.25, 0.3) is 0 Å². The quantitative estimate of drug-likeness (QED) is 0.854. The molecule has 2 aliphatic heterocycles. The van der Waals surface area contributed by atoms with Crippen molar-refractivity contribution in [2.24, 2.45) is 0 Å². The SMILES string of the molecule is CC(C)c1ccc2c(c1)OC(Cc1ccc3c(c1)OCO3)CN2C. The highest BCUT2D eigenvalue weighted by molar-refractivity contribution is 5.61. The Morgan fingerprint density at radius 2 is 1.88 bits per heavy atom. The van der Waals surface area contributed by atoms with E-state index in [-0.39, 0.29) is 6.10 Å². The summed E-state index contributed by atoms with van der Waals surface area (Å²) in [6.45, 7) is 5.60. The van der Waals surface area contributed by atoms with Gasteiger partial charge in [-0.25, -0.2) is 0 Å². The van der Waals surface area contributed by atoms with Gasteiger partial charge in [0.15, 0.2) is 11.5 Å². The fraction of sp³-hybridized carbons (Fsp3) is 0.400. The van der Waals surface area contributed by atoms with Gasteiger partial charge in [0.05, 0.1) is 12.2 Å². The van der Waals surface area contributed by atoms with Gasteiger partial charge in [0.1, 0.15) is 11.9 Å². The summed E-state index contributed by atoms with van der Waals surface area (Å²) in [7, 11) is 2.13. The van der Waals surface area contributed by atoms with Gasteiger partial charge >= 0.3 is 0 Å². The Bertz CT molecular complexity index is 757. The van der Waals surface area contributed by atoms with Gasteiger partial charge in [-0.2, -0.15) is 0 Å². The Kier molecular flexibility index (Phi) is 3.75. The highest BCUT2D eigenvalue weighted by Crippen LogP contribution is 2.37. The van der Waals surface area contributed by atoms with Gasteiger partial charge in [-0.15, -0.1) is 0 Å². The predicted octanol–water partition coefficient (Wildman–Crippen LogP) is 3.98.